The molecule has 3 rings (SSSR count). The normalized spacial score (nSPS) is 19.2. The highest BCUT2D eigenvalue weighted by molar-refractivity contribution is 9.10. The number of aryl methyl sites for hydroxylation is 1. The first-order valence-electron chi connectivity index (χ1n) is 7.59. The molecular formula is C17H17BrN2O3S. The monoisotopic (exact) mass is 408 g/mol. The van der Waals surface area contributed by atoms with Gasteiger partial charge < -0.3 is 5.32 Å². The summed E-state index contributed by atoms with van der Waals surface area (Å²) in [6.45, 7) is 1.78. The summed E-state index contributed by atoms with van der Waals surface area (Å²) in [7, 11) is -3.02. The molecule has 1 aliphatic rings. The highest BCUT2D eigenvalue weighted by atomic mass is 79.9. The van der Waals surface area contributed by atoms with Crippen molar-refractivity contribution < 1.29 is 13.2 Å². The quantitative estimate of drug-likeness (QED) is 0.846. The van der Waals surface area contributed by atoms with Crippen LogP contribution >= 0.6 is 15.9 Å². The molecule has 0 spiro atoms. The van der Waals surface area contributed by atoms with Crippen LogP contribution in [0.25, 0.3) is 11.3 Å². The zero-order chi connectivity index (χ0) is 17.3. The maximum atomic E-state index is 12.4. The van der Waals surface area contributed by atoms with Gasteiger partial charge in [-0.15, -0.1) is 0 Å². The minimum atomic E-state index is -3.02. The Labute approximate surface area is 149 Å². The maximum Gasteiger partial charge on any atom is 0.253 e. The van der Waals surface area contributed by atoms with Crippen LogP contribution in [0.1, 0.15) is 22.5 Å². The fourth-order valence-corrected chi connectivity index (χ4v) is 4.85. The molecule has 7 heteroatoms. The van der Waals surface area contributed by atoms with Gasteiger partial charge in [-0.3, -0.25) is 9.78 Å². The van der Waals surface area contributed by atoms with Crippen molar-refractivity contribution in [3.63, 3.8) is 0 Å². The lowest BCUT2D eigenvalue weighted by Gasteiger charge is -2.13. The average Bonchev–Trinajstić information content (AvgIpc) is 2.85. The van der Waals surface area contributed by atoms with Crippen molar-refractivity contribution in [1.82, 2.24) is 10.3 Å². The van der Waals surface area contributed by atoms with E-state index in [0.29, 0.717) is 17.7 Å². The number of hydrogen-bond acceptors (Lipinski definition) is 4. The van der Waals surface area contributed by atoms with Crippen molar-refractivity contribution in [3.8, 4) is 11.3 Å². The summed E-state index contributed by atoms with van der Waals surface area (Å²) in [5.41, 5.74) is 2.83. The average molecular weight is 409 g/mol. The second-order valence-corrected chi connectivity index (χ2v) is 9.06. The number of amides is 1. The van der Waals surface area contributed by atoms with Crippen LogP contribution in [0.5, 0.6) is 0 Å². The van der Waals surface area contributed by atoms with Crippen LogP contribution in [0.15, 0.2) is 40.9 Å². The van der Waals surface area contributed by atoms with Gasteiger partial charge in [-0.2, -0.15) is 0 Å². The first-order chi connectivity index (χ1) is 11.3. The summed E-state index contributed by atoms with van der Waals surface area (Å²) in [6.07, 6.45) is 0.469. The van der Waals surface area contributed by atoms with Gasteiger partial charge in [0.05, 0.1) is 28.5 Å². The molecule has 0 aliphatic carbocycles. The van der Waals surface area contributed by atoms with Crippen LogP contribution < -0.4 is 5.32 Å². The molecule has 1 amide bonds. The number of nitrogens with zero attached hydrogens (tertiary/aromatic N) is 1. The van der Waals surface area contributed by atoms with Gasteiger partial charge in [-0.1, -0.05) is 28.1 Å². The van der Waals surface area contributed by atoms with Gasteiger partial charge in [0.15, 0.2) is 9.84 Å². The molecule has 24 heavy (non-hydrogen) atoms. The topological polar surface area (TPSA) is 76.1 Å². The van der Waals surface area contributed by atoms with Crippen LogP contribution in [0.4, 0.5) is 0 Å². The molecule has 0 saturated carbocycles. The highest BCUT2D eigenvalue weighted by Crippen LogP contribution is 2.22. The molecule has 1 aliphatic heterocycles. The number of pyridine rings is 1. The van der Waals surface area contributed by atoms with Crippen molar-refractivity contribution in [1.29, 1.82) is 0 Å². The van der Waals surface area contributed by atoms with E-state index in [4.69, 9.17) is 0 Å². The SMILES string of the molecule is Cc1nc(-c2cccc(Br)c2)ccc1C(=O)NC1CCS(=O)(=O)C1. The zero-order valence-electron chi connectivity index (χ0n) is 13.1. The molecule has 126 valence electrons. The third-order valence-electron chi connectivity index (χ3n) is 4.02. The van der Waals surface area contributed by atoms with E-state index in [9.17, 15) is 13.2 Å². The first kappa shape index (κ1) is 17.1. The Kier molecular flexibility index (Phi) is 4.73. The fraction of sp³-hybridized carbons (Fsp3) is 0.294. The lowest BCUT2D eigenvalue weighted by Crippen LogP contribution is -2.36. The molecule has 5 nitrogen and oxygen atoms in total. The van der Waals surface area contributed by atoms with E-state index in [2.05, 4.69) is 26.2 Å². The summed E-state index contributed by atoms with van der Waals surface area (Å²) in [6, 6.07) is 11.0. The van der Waals surface area contributed by atoms with Crippen molar-refractivity contribution in [2.24, 2.45) is 0 Å². The fourth-order valence-electron chi connectivity index (χ4n) is 2.78. The van der Waals surface area contributed by atoms with Crippen molar-refractivity contribution >= 4 is 31.7 Å². The molecule has 1 aromatic carbocycles. The maximum absolute atomic E-state index is 12.4. The number of carbonyl (C=O) groups excluding carboxylic acids is 1. The van der Waals surface area contributed by atoms with Gasteiger partial charge in [-0.05, 0) is 37.6 Å². The van der Waals surface area contributed by atoms with Gasteiger partial charge >= 0.3 is 0 Å². The second kappa shape index (κ2) is 6.64. The number of hydrogen-bond donors (Lipinski definition) is 1. The molecule has 1 N–H and O–H groups in total. The molecule has 1 atom stereocenters. The van der Waals surface area contributed by atoms with Gasteiger partial charge in [0.1, 0.15) is 0 Å². The van der Waals surface area contributed by atoms with Crippen LogP contribution in [0, 0.1) is 6.92 Å². The van der Waals surface area contributed by atoms with E-state index in [1.54, 1.807) is 19.1 Å². The van der Waals surface area contributed by atoms with Gasteiger partial charge in [0, 0.05) is 16.1 Å². The van der Waals surface area contributed by atoms with E-state index < -0.39 is 9.84 Å². The number of halogens is 1. The third kappa shape index (κ3) is 3.84. The molecule has 2 aromatic rings. The number of aromatic nitrogens is 1. The largest absolute Gasteiger partial charge is 0.348 e. The van der Waals surface area contributed by atoms with E-state index in [0.717, 1.165) is 15.7 Å². The van der Waals surface area contributed by atoms with Gasteiger partial charge in [0.25, 0.3) is 5.91 Å². The van der Waals surface area contributed by atoms with Crippen LogP contribution in [0.2, 0.25) is 0 Å². The number of sulfone groups is 1. The molecule has 1 aromatic heterocycles. The predicted octanol–water partition coefficient (Wildman–Crippen LogP) is 2.74. The minimum Gasteiger partial charge on any atom is -0.348 e. The zero-order valence-corrected chi connectivity index (χ0v) is 15.5. The molecule has 2 heterocycles. The number of benzene rings is 1. The van der Waals surface area contributed by atoms with E-state index in [-0.39, 0.29) is 23.5 Å². The lowest BCUT2D eigenvalue weighted by atomic mass is 10.1. The Morgan fingerprint density at radius 1 is 1.29 bits per heavy atom. The first-order valence-corrected chi connectivity index (χ1v) is 10.2. The lowest BCUT2D eigenvalue weighted by molar-refractivity contribution is 0.0940. The van der Waals surface area contributed by atoms with E-state index >= 15 is 0 Å². The molecule has 0 bridgehead atoms. The molecule has 0 radical (unpaired) electrons. The number of nitrogens with one attached hydrogen (secondary N) is 1. The van der Waals surface area contributed by atoms with Crippen LogP contribution in [-0.2, 0) is 9.84 Å². The van der Waals surface area contributed by atoms with Crippen molar-refractivity contribution in [2.45, 2.75) is 19.4 Å². The summed E-state index contributed by atoms with van der Waals surface area (Å²) in [4.78, 5) is 16.9. The van der Waals surface area contributed by atoms with E-state index in [1.165, 1.54) is 0 Å². The van der Waals surface area contributed by atoms with Crippen LogP contribution in [-0.4, -0.2) is 36.9 Å². The Balaban J connectivity index is 1.78. The Bertz CT molecular complexity index is 896. The van der Waals surface area contributed by atoms with Gasteiger partial charge in [-0.25, -0.2) is 8.42 Å². The molecular weight excluding hydrogens is 392 g/mol. The third-order valence-corrected chi connectivity index (χ3v) is 6.28. The summed E-state index contributed by atoms with van der Waals surface area (Å²) < 4.78 is 23.9. The molecule has 1 unspecified atom stereocenters. The second-order valence-electron chi connectivity index (χ2n) is 5.91. The smallest absolute Gasteiger partial charge is 0.253 e. The summed E-state index contributed by atoms with van der Waals surface area (Å²) >= 11 is 3.43. The number of carbonyl (C=O) groups is 1. The van der Waals surface area contributed by atoms with Crippen molar-refractivity contribution in [3.05, 3.63) is 52.1 Å². The summed E-state index contributed by atoms with van der Waals surface area (Å²) in [5.74, 6) is -0.124. The molecule has 1 saturated heterocycles. The van der Waals surface area contributed by atoms with Gasteiger partial charge in [0.2, 0.25) is 0 Å². The van der Waals surface area contributed by atoms with Crippen LogP contribution in [0.3, 0.4) is 0 Å². The highest BCUT2D eigenvalue weighted by Gasteiger charge is 2.29. The van der Waals surface area contributed by atoms with E-state index in [1.807, 2.05) is 24.3 Å². The predicted molar refractivity (Wildman–Crippen MR) is 96.6 cm³/mol. The summed E-state index contributed by atoms with van der Waals surface area (Å²) in [5, 5.41) is 2.79. The molecule has 1 fully saturated rings. The Morgan fingerprint density at radius 3 is 2.71 bits per heavy atom. The number of rotatable bonds is 3. The van der Waals surface area contributed by atoms with Crippen molar-refractivity contribution in [2.75, 3.05) is 11.5 Å². The minimum absolute atomic E-state index is 0.0152. The standard InChI is InChI=1S/C17H17BrN2O3S/c1-11-15(17(21)20-14-7-8-24(22,23)10-14)5-6-16(19-11)12-3-2-4-13(18)9-12/h2-6,9,14H,7-8,10H2,1H3,(H,20,21). The Hall–Kier alpha value is -1.73. The Morgan fingerprint density at radius 2 is 2.08 bits per heavy atom.